The molecule has 0 N–H and O–H groups in total. The van der Waals surface area contributed by atoms with Crippen molar-refractivity contribution in [3.05, 3.63) is 527 Å². The zero-order valence-electron chi connectivity index (χ0n) is 70.3. The van der Waals surface area contributed by atoms with Crippen LogP contribution in [0.15, 0.2) is 456 Å². The van der Waals surface area contributed by atoms with E-state index in [0.29, 0.717) is 0 Å². The molecule has 0 fully saturated rings. The fraction of sp³-hybridized carbons (Fsp3) is 0.0603. The van der Waals surface area contributed by atoms with E-state index >= 15 is 0 Å². The Hall–Kier alpha value is -14.1. The SMILES string of the molecule is C.C.Cc1cc(-c2[c-]cccc2)ncc1-c1ccccc1.Cc1cc[n+]2c(n1)-c1ccccc1C2.Cc1ccccc1-c1ccc(-c2[c-]cccc2)nc1.[Ir+3].[Ir].[Ir].[c-]1ccccc1-c1ccccn1.[c-]1ccccc1-c1ccccn1.[c-]1ccccc1-c1ccccn1.[c-]1ccccc1N1C=CN(c2ccccc2)[CH-]1.c1ccc(-c2ccc3c(c2)-c2cccc[n+]2C3)cc1. The number of aromatic nitrogens is 8. The molecule has 10 nitrogen and oxygen atoms in total. The first-order valence-electron chi connectivity index (χ1n) is 41.2. The van der Waals surface area contributed by atoms with Crippen molar-refractivity contribution < 1.29 is 69.5 Å². The molecule has 7 aromatic heterocycles. The summed E-state index contributed by atoms with van der Waals surface area (Å²) in [5, 5.41) is 0. The quantitative estimate of drug-likeness (QED) is 0.0988. The predicted octanol–water partition coefficient (Wildman–Crippen LogP) is 26.7. The maximum Gasteiger partial charge on any atom is 3.00 e. The number of benzene rings is 12. The minimum atomic E-state index is 0. The molecule has 3 aliphatic heterocycles. The molecule has 3 aliphatic rings. The Kier molecular flexibility index (Phi) is 38.3. The molecule has 2 radical (unpaired) electrons. The van der Waals surface area contributed by atoms with Crippen LogP contribution in [0.1, 0.15) is 42.8 Å². The van der Waals surface area contributed by atoms with Crippen molar-refractivity contribution in [3.8, 4) is 112 Å². The molecule has 640 valence electrons. The molecule has 0 saturated carbocycles. The van der Waals surface area contributed by atoms with Crippen molar-refractivity contribution in [1.82, 2.24) is 29.9 Å². The van der Waals surface area contributed by atoms with Crippen molar-refractivity contribution >= 4 is 11.4 Å². The summed E-state index contributed by atoms with van der Waals surface area (Å²) in [5.41, 5.74) is 29.9. The van der Waals surface area contributed by atoms with E-state index in [1.165, 1.54) is 66.9 Å². The smallest absolute Gasteiger partial charge is 0.500 e. The normalized spacial score (nSPS) is 10.8. The van der Waals surface area contributed by atoms with Crippen molar-refractivity contribution in [2.75, 3.05) is 9.80 Å². The number of aryl methyl sites for hydroxylation is 3. The molecule has 12 aromatic carbocycles. The van der Waals surface area contributed by atoms with Gasteiger partial charge in [-0.25, -0.2) is 4.57 Å². The molecule has 0 bridgehead atoms. The van der Waals surface area contributed by atoms with Crippen molar-refractivity contribution in [3.63, 3.8) is 0 Å². The van der Waals surface area contributed by atoms with Gasteiger partial charge >= 0.3 is 25.9 Å². The van der Waals surface area contributed by atoms with E-state index in [4.69, 9.17) is 0 Å². The van der Waals surface area contributed by atoms with Gasteiger partial charge in [0.25, 0.3) is 0 Å². The monoisotopic (exact) mass is 2210 g/mol. The summed E-state index contributed by atoms with van der Waals surface area (Å²) in [4.78, 5) is 30.4. The summed E-state index contributed by atoms with van der Waals surface area (Å²) < 4.78 is 4.50. The minimum absolute atomic E-state index is 0. The van der Waals surface area contributed by atoms with Crippen LogP contribution in [-0.2, 0) is 73.4 Å². The van der Waals surface area contributed by atoms with Gasteiger partial charge in [0, 0.05) is 119 Å². The molecule has 0 atom stereocenters. The van der Waals surface area contributed by atoms with E-state index in [0.717, 1.165) is 97.8 Å². The van der Waals surface area contributed by atoms with Crippen LogP contribution < -0.4 is 18.9 Å². The summed E-state index contributed by atoms with van der Waals surface area (Å²) in [6.45, 7) is 10.3. The minimum Gasteiger partial charge on any atom is -0.500 e. The Morgan fingerprint density at radius 1 is 0.302 bits per heavy atom. The number of nitrogens with zero attached hydrogens (tertiary/aromatic N) is 10. The molecule has 13 heteroatoms. The third kappa shape index (κ3) is 27.2. The first-order valence-corrected chi connectivity index (χ1v) is 41.2. The summed E-state index contributed by atoms with van der Waals surface area (Å²) in [7, 11) is 0. The predicted molar refractivity (Wildman–Crippen MR) is 517 cm³/mol. The van der Waals surface area contributed by atoms with E-state index < -0.39 is 0 Å². The molecular weight excluding hydrogens is 2110 g/mol. The van der Waals surface area contributed by atoms with E-state index in [1.807, 2.05) is 286 Å². The number of anilines is 2. The van der Waals surface area contributed by atoms with Crippen molar-refractivity contribution in [2.24, 2.45) is 0 Å². The van der Waals surface area contributed by atoms with Crippen LogP contribution in [0.5, 0.6) is 0 Å². The molecule has 0 aliphatic carbocycles. The van der Waals surface area contributed by atoms with Crippen molar-refractivity contribution in [2.45, 2.75) is 48.7 Å². The van der Waals surface area contributed by atoms with Gasteiger partial charge in [0.05, 0.1) is 17.3 Å². The van der Waals surface area contributed by atoms with E-state index in [1.54, 1.807) is 18.6 Å². The second-order valence-electron chi connectivity index (χ2n) is 29.0. The van der Waals surface area contributed by atoms with Crippen molar-refractivity contribution in [1.29, 1.82) is 0 Å². The van der Waals surface area contributed by atoms with Crippen LogP contribution in [0.3, 0.4) is 0 Å². The van der Waals surface area contributed by atoms with Crippen LogP contribution in [0.4, 0.5) is 11.4 Å². The third-order valence-electron chi connectivity index (χ3n) is 20.4. The molecule has 19 aromatic rings. The summed E-state index contributed by atoms with van der Waals surface area (Å²) in [6.07, 6.45) is 17.6. The molecule has 0 amide bonds. The number of fused-ring (bicyclic) bond motifs is 6. The summed E-state index contributed by atoms with van der Waals surface area (Å²) in [5.74, 6) is 1.10. The summed E-state index contributed by atoms with van der Waals surface area (Å²) >= 11 is 0. The fourth-order valence-corrected chi connectivity index (χ4v) is 14.1. The van der Waals surface area contributed by atoms with Gasteiger partial charge in [0.1, 0.15) is 6.54 Å². The van der Waals surface area contributed by atoms with Gasteiger partial charge in [-0.3, -0.25) is 0 Å². The van der Waals surface area contributed by atoms with Gasteiger partial charge in [-0.05, 0) is 147 Å². The van der Waals surface area contributed by atoms with Gasteiger partial charge < -0.3 is 34.7 Å². The van der Waals surface area contributed by atoms with Crippen LogP contribution >= 0.6 is 0 Å². The zero-order valence-corrected chi connectivity index (χ0v) is 77.5. The Balaban J connectivity index is 0.000000154. The number of rotatable bonds is 10. The Bertz CT molecular complexity index is 6170. The van der Waals surface area contributed by atoms with E-state index in [9.17, 15) is 0 Å². The molecular formula is C116H97Ir3N10-2. The topological polar surface area (TPSA) is 91.6 Å². The Labute approximate surface area is 802 Å². The zero-order chi connectivity index (χ0) is 84.5. The average molecular weight is 2210 g/mol. The number of hydrogen-bond donors (Lipinski definition) is 0. The van der Waals surface area contributed by atoms with Crippen LogP contribution in [0, 0.1) is 63.8 Å². The van der Waals surface area contributed by atoms with Crippen LogP contribution in [0.25, 0.3) is 112 Å². The molecule has 129 heavy (non-hydrogen) atoms. The number of para-hydroxylation sites is 2. The van der Waals surface area contributed by atoms with Gasteiger partial charge in [-0.2, -0.15) is 34.9 Å². The van der Waals surface area contributed by atoms with E-state index in [-0.39, 0.29) is 75.2 Å². The second-order valence-corrected chi connectivity index (χ2v) is 29.0. The van der Waals surface area contributed by atoms with Gasteiger partial charge in [-0.15, -0.1) is 192 Å². The summed E-state index contributed by atoms with van der Waals surface area (Å²) in [6, 6.07) is 153. The van der Waals surface area contributed by atoms with Gasteiger partial charge in [0.2, 0.25) is 5.69 Å². The maximum atomic E-state index is 4.56. The maximum absolute atomic E-state index is 4.56. The first kappa shape index (κ1) is 97.1. The van der Waals surface area contributed by atoms with Gasteiger partial charge in [0.15, 0.2) is 18.4 Å². The van der Waals surface area contributed by atoms with Gasteiger partial charge in [-0.1, -0.05) is 203 Å². The second kappa shape index (κ2) is 50.9. The fourth-order valence-electron chi connectivity index (χ4n) is 14.1. The average Bonchev–Trinajstić information content (AvgIpc) is 1.65. The number of pyridine rings is 6. The number of hydrogen-bond acceptors (Lipinski definition) is 8. The Morgan fingerprint density at radius 3 is 1.25 bits per heavy atom. The largest absolute Gasteiger partial charge is 3.00 e. The van der Waals surface area contributed by atoms with E-state index in [2.05, 4.69) is 264 Å². The Morgan fingerprint density at radius 2 is 0.744 bits per heavy atom. The molecule has 22 rings (SSSR count). The molecule has 10 heterocycles. The first-order chi connectivity index (χ1) is 61.3. The standard InChI is InChI=1S/3C18H14N.C15H12N2.C12H11N2.3C11H8N.2CH4.3Ir/c1-2-6-14(7-3-1)15-9-10-16-13-19-11-5-4-8-18(19)17(16)12-15;1-14-12-18(16-10-6-3-7-11-16)19-13-17(14)15-8-4-2-5-9-15;1-14-7-5-6-10-17(14)16-11-12-18(19-13-16)15-8-3-2-4-9-15;1-3-7-14(8-4-1)16-11-12-17(13-16)15-9-5-2-6-10-15;1-9-6-7-14-8-10-4-2-3-5-11(10)12(14)13-9;3*1-2-6-10(7-3-1)11-8-4-5-9-12-11;;;;;/h1-12H,13H2;2-10,12-13H,1H3;2-8,10-13H,1H3;1-9,11-13H;2-7H,8H2,1H3;3*1-6,8-9H;2*1H4;;;/q+1;2*-1;-2;+1;3*-1;;;;;+3. The molecule has 0 spiro atoms. The third-order valence-corrected chi connectivity index (χ3v) is 20.4. The van der Waals surface area contributed by atoms with Crippen LogP contribution in [-0.4, -0.2) is 29.9 Å². The molecule has 0 unspecified atom stereocenters. The van der Waals surface area contributed by atoms with Crippen LogP contribution in [0.2, 0.25) is 0 Å². The molecule has 0 saturated heterocycles.